The van der Waals surface area contributed by atoms with Crippen LogP contribution in [0.2, 0.25) is 0 Å². The molecule has 0 atom stereocenters. The first-order valence-electron chi connectivity index (χ1n) is 4.99. The van der Waals surface area contributed by atoms with Crippen LogP contribution in [0.15, 0.2) is 23.1 Å². The van der Waals surface area contributed by atoms with Crippen molar-refractivity contribution >= 4 is 5.97 Å². The van der Waals surface area contributed by atoms with E-state index >= 15 is 0 Å². The van der Waals surface area contributed by atoms with Gasteiger partial charge in [0.15, 0.2) is 0 Å². The molecule has 4 heteroatoms. The van der Waals surface area contributed by atoms with Crippen molar-refractivity contribution in [3.63, 3.8) is 0 Å². The van der Waals surface area contributed by atoms with Crippen molar-refractivity contribution in [2.45, 2.75) is 19.4 Å². The number of nitrogens with zero attached hydrogens (tertiary/aromatic N) is 1. The number of pyridine rings is 1. The first kappa shape index (κ1) is 9.96. The minimum atomic E-state index is -0.403. The number of methoxy groups -OCH3 is 1. The van der Waals surface area contributed by atoms with Crippen LogP contribution in [0.4, 0.5) is 0 Å². The van der Waals surface area contributed by atoms with Gasteiger partial charge in [0, 0.05) is 18.8 Å². The van der Waals surface area contributed by atoms with E-state index in [1.54, 1.807) is 10.8 Å². The maximum atomic E-state index is 11.5. The van der Waals surface area contributed by atoms with Gasteiger partial charge in [0.25, 0.3) is 5.56 Å². The van der Waals surface area contributed by atoms with Crippen molar-refractivity contribution in [1.82, 2.24) is 4.57 Å². The number of rotatable bonds is 3. The molecule has 1 aliphatic carbocycles. The summed E-state index contributed by atoms with van der Waals surface area (Å²) in [7, 11) is 1.33. The zero-order valence-electron chi connectivity index (χ0n) is 8.60. The summed E-state index contributed by atoms with van der Waals surface area (Å²) in [5, 5.41) is 0. The predicted molar refractivity (Wildman–Crippen MR) is 54.8 cm³/mol. The van der Waals surface area contributed by atoms with Gasteiger partial charge in [0.2, 0.25) is 0 Å². The second-order valence-electron chi connectivity index (χ2n) is 3.84. The van der Waals surface area contributed by atoms with Crippen LogP contribution >= 0.6 is 0 Å². The second kappa shape index (κ2) is 3.88. The molecule has 4 nitrogen and oxygen atoms in total. The number of hydrogen-bond acceptors (Lipinski definition) is 3. The predicted octanol–water partition coefficient (Wildman–Crippen LogP) is 1.04. The maximum Gasteiger partial charge on any atom is 0.339 e. The smallest absolute Gasteiger partial charge is 0.339 e. The molecule has 1 aromatic heterocycles. The molecule has 15 heavy (non-hydrogen) atoms. The van der Waals surface area contributed by atoms with Gasteiger partial charge in [-0.25, -0.2) is 4.79 Å². The molecule has 0 saturated heterocycles. The van der Waals surface area contributed by atoms with Gasteiger partial charge in [-0.1, -0.05) is 0 Å². The summed E-state index contributed by atoms with van der Waals surface area (Å²) in [4.78, 5) is 22.7. The Kier molecular flexibility index (Phi) is 2.58. The third-order valence-electron chi connectivity index (χ3n) is 2.56. The molecule has 0 aliphatic heterocycles. The highest BCUT2D eigenvalue weighted by Gasteiger charge is 2.22. The SMILES string of the molecule is COC(=O)c1ccc(=O)n(CC2CC2)c1. The number of carbonyl (C=O) groups is 1. The topological polar surface area (TPSA) is 48.3 Å². The Labute approximate surface area is 87.5 Å². The fourth-order valence-corrected chi connectivity index (χ4v) is 1.49. The maximum absolute atomic E-state index is 11.5. The molecule has 0 unspecified atom stereocenters. The Morgan fingerprint density at radius 2 is 2.27 bits per heavy atom. The van der Waals surface area contributed by atoms with Crippen LogP contribution in [0, 0.1) is 5.92 Å². The Balaban J connectivity index is 2.27. The molecule has 80 valence electrons. The highest BCUT2D eigenvalue weighted by atomic mass is 16.5. The molecule has 0 radical (unpaired) electrons. The molecule has 1 fully saturated rings. The molecule has 1 heterocycles. The number of hydrogen-bond donors (Lipinski definition) is 0. The molecule has 0 spiro atoms. The van der Waals surface area contributed by atoms with Gasteiger partial charge in [-0.15, -0.1) is 0 Å². The van der Waals surface area contributed by atoms with Crippen molar-refractivity contribution in [1.29, 1.82) is 0 Å². The zero-order valence-corrected chi connectivity index (χ0v) is 8.60. The van der Waals surface area contributed by atoms with E-state index in [1.807, 2.05) is 0 Å². The lowest BCUT2D eigenvalue weighted by atomic mass is 10.3. The van der Waals surface area contributed by atoms with Gasteiger partial charge in [-0.2, -0.15) is 0 Å². The summed E-state index contributed by atoms with van der Waals surface area (Å²) in [6.45, 7) is 0.712. The first-order valence-corrected chi connectivity index (χ1v) is 4.99. The molecule has 0 amide bonds. The molecule has 0 N–H and O–H groups in total. The van der Waals surface area contributed by atoms with Crippen molar-refractivity contribution in [3.05, 3.63) is 34.2 Å². The molecule has 2 rings (SSSR count). The van der Waals surface area contributed by atoms with Crippen LogP contribution in [-0.4, -0.2) is 17.6 Å². The number of esters is 1. The third-order valence-corrected chi connectivity index (χ3v) is 2.56. The van der Waals surface area contributed by atoms with Crippen molar-refractivity contribution in [2.75, 3.05) is 7.11 Å². The largest absolute Gasteiger partial charge is 0.465 e. The summed E-state index contributed by atoms with van der Waals surface area (Å²) >= 11 is 0. The van der Waals surface area contributed by atoms with Crippen LogP contribution in [0.3, 0.4) is 0 Å². The Morgan fingerprint density at radius 3 is 2.87 bits per heavy atom. The average molecular weight is 207 g/mol. The summed E-state index contributed by atoms with van der Waals surface area (Å²) < 4.78 is 6.18. The lowest BCUT2D eigenvalue weighted by Crippen LogP contribution is -2.21. The highest BCUT2D eigenvalue weighted by molar-refractivity contribution is 5.88. The van der Waals surface area contributed by atoms with E-state index < -0.39 is 5.97 Å². The van der Waals surface area contributed by atoms with Gasteiger partial charge in [-0.3, -0.25) is 4.79 Å². The van der Waals surface area contributed by atoms with Crippen molar-refractivity contribution in [3.8, 4) is 0 Å². The fraction of sp³-hybridized carbons (Fsp3) is 0.455. The van der Waals surface area contributed by atoms with Crippen LogP contribution in [-0.2, 0) is 11.3 Å². The van der Waals surface area contributed by atoms with Crippen LogP contribution < -0.4 is 5.56 Å². The van der Waals surface area contributed by atoms with Crippen LogP contribution in [0.1, 0.15) is 23.2 Å². The molecule has 1 saturated carbocycles. The lowest BCUT2D eigenvalue weighted by Gasteiger charge is -2.05. The Bertz CT molecular complexity index is 432. The van der Waals surface area contributed by atoms with E-state index in [0.29, 0.717) is 18.0 Å². The van der Waals surface area contributed by atoms with Gasteiger partial charge in [0.05, 0.1) is 12.7 Å². The summed E-state index contributed by atoms with van der Waals surface area (Å²) in [5.74, 6) is 0.204. The third kappa shape index (κ3) is 2.26. The Hall–Kier alpha value is -1.58. The van der Waals surface area contributed by atoms with Gasteiger partial charge >= 0.3 is 5.97 Å². The summed E-state index contributed by atoms with van der Waals surface area (Å²) in [5.41, 5.74) is 0.368. The standard InChI is InChI=1S/C11H13NO3/c1-15-11(14)9-4-5-10(13)12(7-9)6-8-2-3-8/h4-5,7-8H,2-3,6H2,1H3. The molecule has 1 aromatic rings. The number of aromatic nitrogens is 1. The second-order valence-corrected chi connectivity index (χ2v) is 3.84. The van der Waals surface area contributed by atoms with E-state index in [4.69, 9.17) is 0 Å². The minimum absolute atomic E-state index is 0.0606. The number of ether oxygens (including phenoxy) is 1. The summed E-state index contributed by atoms with van der Waals surface area (Å²) in [6.07, 6.45) is 3.93. The lowest BCUT2D eigenvalue weighted by molar-refractivity contribution is 0.0599. The monoisotopic (exact) mass is 207 g/mol. The molecule has 0 bridgehead atoms. The van der Waals surface area contributed by atoms with E-state index in [9.17, 15) is 9.59 Å². The first-order chi connectivity index (χ1) is 7.20. The molecular formula is C11H13NO3. The van der Waals surface area contributed by atoms with Gasteiger partial charge < -0.3 is 9.30 Å². The van der Waals surface area contributed by atoms with Crippen LogP contribution in [0.25, 0.3) is 0 Å². The number of carbonyl (C=O) groups excluding carboxylic acids is 1. The Morgan fingerprint density at radius 1 is 1.53 bits per heavy atom. The molecular weight excluding hydrogens is 194 g/mol. The zero-order chi connectivity index (χ0) is 10.8. The van der Waals surface area contributed by atoms with E-state index in [1.165, 1.54) is 32.1 Å². The average Bonchev–Trinajstić information content (AvgIpc) is 3.04. The minimum Gasteiger partial charge on any atom is -0.465 e. The summed E-state index contributed by atoms with van der Waals surface area (Å²) in [6, 6.07) is 2.91. The molecule has 1 aliphatic rings. The fourth-order valence-electron chi connectivity index (χ4n) is 1.49. The van der Waals surface area contributed by atoms with Gasteiger partial charge in [-0.05, 0) is 24.8 Å². The van der Waals surface area contributed by atoms with Gasteiger partial charge in [0.1, 0.15) is 0 Å². The normalized spacial score (nSPS) is 15.0. The van der Waals surface area contributed by atoms with E-state index in [0.717, 1.165) is 0 Å². The van der Waals surface area contributed by atoms with Crippen molar-refractivity contribution < 1.29 is 9.53 Å². The van der Waals surface area contributed by atoms with E-state index in [-0.39, 0.29) is 5.56 Å². The molecule has 0 aromatic carbocycles. The quantitative estimate of drug-likeness (QED) is 0.696. The van der Waals surface area contributed by atoms with E-state index in [2.05, 4.69) is 4.74 Å². The highest BCUT2D eigenvalue weighted by Crippen LogP contribution is 2.30. The van der Waals surface area contributed by atoms with Crippen molar-refractivity contribution in [2.24, 2.45) is 5.92 Å². The van der Waals surface area contributed by atoms with Crippen LogP contribution in [0.5, 0.6) is 0 Å².